The summed E-state index contributed by atoms with van der Waals surface area (Å²) in [5.74, 6) is -0.200. The quantitative estimate of drug-likeness (QED) is 0.686. The number of carbonyl (C=O) groups excluding carboxylic acids is 1. The number of amides is 1. The molecule has 7 nitrogen and oxygen atoms in total. The van der Waals surface area contributed by atoms with Crippen LogP contribution >= 0.6 is 0 Å². The summed E-state index contributed by atoms with van der Waals surface area (Å²) in [6, 6.07) is 5.08. The van der Waals surface area contributed by atoms with Gasteiger partial charge in [0.1, 0.15) is 11.0 Å². The van der Waals surface area contributed by atoms with E-state index in [1.807, 2.05) is 0 Å². The van der Waals surface area contributed by atoms with E-state index in [0.717, 1.165) is 0 Å². The van der Waals surface area contributed by atoms with Crippen molar-refractivity contribution in [1.29, 1.82) is 0 Å². The molecule has 0 radical (unpaired) electrons. The van der Waals surface area contributed by atoms with Crippen molar-refractivity contribution in [3.63, 3.8) is 0 Å². The lowest BCUT2D eigenvalue weighted by atomic mass is 10.2. The molecule has 2 aromatic rings. The first-order chi connectivity index (χ1) is 9.20. The smallest absolute Gasteiger partial charge is 0.251 e. The average Bonchev–Trinajstić information content (AvgIpc) is 2.86. The Morgan fingerprint density at radius 3 is 3.05 bits per heavy atom. The number of carbonyl (C=O) groups is 1. The number of nitrogens with one attached hydrogen (secondary N) is 2. The van der Waals surface area contributed by atoms with Crippen molar-refractivity contribution in [2.24, 2.45) is 0 Å². The Hall–Kier alpha value is -1.99. The van der Waals surface area contributed by atoms with Crippen molar-refractivity contribution in [3.05, 3.63) is 23.8 Å². The minimum absolute atomic E-state index is 0.200. The van der Waals surface area contributed by atoms with Gasteiger partial charge in [-0.3, -0.25) is 4.79 Å². The number of rotatable bonds is 6. The molecule has 1 amide bonds. The largest absolute Gasteiger partial charge is 0.391 e. The van der Waals surface area contributed by atoms with Gasteiger partial charge in [0.25, 0.3) is 5.91 Å². The van der Waals surface area contributed by atoms with Crippen LogP contribution in [0.25, 0.3) is 11.0 Å². The van der Waals surface area contributed by atoms with Gasteiger partial charge in [0.05, 0.1) is 12.7 Å². The second-order valence-electron chi connectivity index (χ2n) is 4.18. The van der Waals surface area contributed by atoms with E-state index < -0.39 is 6.10 Å². The Kier molecular flexibility index (Phi) is 4.43. The first-order valence-corrected chi connectivity index (χ1v) is 5.96. The van der Waals surface area contributed by atoms with Gasteiger partial charge in [-0.1, -0.05) is 0 Å². The van der Waals surface area contributed by atoms with Gasteiger partial charge in [0.15, 0.2) is 0 Å². The van der Waals surface area contributed by atoms with E-state index in [1.165, 1.54) is 7.11 Å². The lowest BCUT2D eigenvalue weighted by Crippen LogP contribution is -2.28. The summed E-state index contributed by atoms with van der Waals surface area (Å²) in [6.07, 6.45) is -0.116. The van der Waals surface area contributed by atoms with Gasteiger partial charge in [-0.05, 0) is 24.6 Å². The number of H-pyrrole nitrogens is 1. The van der Waals surface area contributed by atoms with E-state index in [1.54, 1.807) is 18.2 Å². The molecule has 0 spiro atoms. The Labute approximate surface area is 110 Å². The van der Waals surface area contributed by atoms with Gasteiger partial charge in [-0.2, -0.15) is 15.4 Å². The summed E-state index contributed by atoms with van der Waals surface area (Å²) >= 11 is 0. The molecule has 3 N–H and O–H groups in total. The number of hydrogen-bond acceptors (Lipinski definition) is 5. The van der Waals surface area contributed by atoms with Gasteiger partial charge < -0.3 is 15.2 Å². The molecule has 1 unspecified atom stereocenters. The SMILES string of the molecule is COCC(O)CCNC(=O)c1ccc2n[nH]nc2c1. The van der Waals surface area contributed by atoms with Crippen LogP contribution in [0, 0.1) is 0 Å². The zero-order chi connectivity index (χ0) is 13.7. The minimum atomic E-state index is -0.566. The Morgan fingerprint density at radius 1 is 1.47 bits per heavy atom. The molecular weight excluding hydrogens is 248 g/mol. The van der Waals surface area contributed by atoms with Crippen LogP contribution in [0.3, 0.4) is 0 Å². The molecule has 1 aromatic carbocycles. The maximum Gasteiger partial charge on any atom is 0.251 e. The molecule has 0 saturated carbocycles. The Balaban J connectivity index is 1.89. The number of aliphatic hydroxyl groups excluding tert-OH is 1. The molecule has 0 saturated heterocycles. The minimum Gasteiger partial charge on any atom is -0.391 e. The number of hydrogen-bond donors (Lipinski definition) is 3. The van der Waals surface area contributed by atoms with Crippen LogP contribution in [-0.2, 0) is 4.74 Å². The third-order valence-electron chi connectivity index (χ3n) is 2.70. The third kappa shape index (κ3) is 3.49. The zero-order valence-corrected chi connectivity index (χ0v) is 10.6. The summed E-state index contributed by atoms with van der Waals surface area (Å²) in [6.45, 7) is 0.654. The van der Waals surface area contributed by atoms with Crippen LogP contribution in [0.5, 0.6) is 0 Å². The Bertz CT molecular complexity index is 555. The van der Waals surface area contributed by atoms with Crippen molar-refractivity contribution in [2.75, 3.05) is 20.3 Å². The number of methoxy groups -OCH3 is 1. The lowest BCUT2D eigenvalue weighted by Gasteiger charge is -2.10. The zero-order valence-electron chi connectivity index (χ0n) is 10.6. The molecule has 1 heterocycles. The molecule has 19 heavy (non-hydrogen) atoms. The number of benzene rings is 1. The normalized spacial score (nSPS) is 12.5. The first-order valence-electron chi connectivity index (χ1n) is 5.96. The maximum absolute atomic E-state index is 11.9. The first kappa shape index (κ1) is 13.4. The number of aromatic nitrogens is 3. The summed E-state index contributed by atoms with van der Waals surface area (Å²) in [5, 5.41) is 22.5. The molecule has 2 rings (SSSR count). The van der Waals surface area contributed by atoms with Crippen molar-refractivity contribution in [1.82, 2.24) is 20.7 Å². The molecule has 1 aromatic heterocycles. The molecular formula is C12H16N4O3. The molecule has 1 atom stereocenters. The highest BCUT2D eigenvalue weighted by atomic mass is 16.5. The highest BCUT2D eigenvalue weighted by molar-refractivity contribution is 5.97. The predicted octanol–water partition coefficient (Wildman–Crippen LogP) is 0.0851. The fourth-order valence-electron chi connectivity index (χ4n) is 1.71. The van der Waals surface area contributed by atoms with E-state index in [4.69, 9.17) is 4.74 Å². The van der Waals surface area contributed by atoms with Crippen LogP contribution < -0.4 is 5.32 Å². The van der Waals surface area contributed by atoms with Crippen LogP contribution in [0.4, 0.5) is 0 Å². The van der Waals surface area contributed by atoms with E-state index in [-0.39, 0.29) is 12.5 Å². The van der Waals surface area contributed by atoms with Crippen LogP contribution in [-0.4, -0.2) is 52.8 Å². The van der Waals surface area contributed by atoms with Gasteiger partial charge in [-0.25, -0.2) is 0 Å². The van der Waals surface area contributed by atoms with Gasteiger partial charge in [0.2, 0.25) is 0 Å². The number of fused-ring (bicyclic) bond motifs is 1. The number of nitrogens with zero attached hydrogens (tertiary/aromatic N) is 2. The number of aromatic amines is 1. The molecule has 102 valence electrons. The predicted molar refractivity (Wildman–Crippen MR) is 68.7 cm³/mol. The number of ether oxygens (including phenoxy) is 1. The van der Waals surface area contributed by atoms with E-state index in [2.05, 4.69) is 20.7 Å². The molecule has 0 aliphatic carbocycles. The summed E-state index contributed by atoms with van der Waals surface area (Å²) < 4.78 is 4.80. The molecule has 0 fully saturated rings. The molecule has 0 aliphatic heterocycles. The molecule has 0 bridgehead atoms. The van der Waals surface area contributed by atoms with Crippen molar-refractivity contribution in [2.45, 2.75) is 12.5 Å². The van der Waals surface area contributed by atoms with Crippen LogP contribution in [0.15, 0.2) is 18.2 Å². The van der Waals surface area contributed by atoms with E-state index in [9.17, 15) is 9.90 Å². The fourth-order valence-corrected chi connectivity index (χ4v) is 1.71. The summed E-state index contributed by atoms with van der Waals surface area (Å²) in [4.78, 5) is 11.9. The average molecular weight is 264 g/mol. The van der Waals surface area contributed by atoms with E-state index in [0.29, 0.717) is 29.6 Å². The second-order valence-corrected chi connectivity index (χ2v) is 4.18. The highest BCUT2D eigenvalue weighted by Crippen LogP contribution is 2.10. The summed E-state index contributed by atoms with van der Waals surface area (Å²) in [7, 11) is 1.52. The lowest BCUT2D eigenvalue weighted by molar-refractivity contribution is 0.0587. The topological polar surface area (TPSA) is 100 Å². The fraction of sp³-hybridized carbons (Fsp3) is 0.417. The van der Waals surface area contributed by atoms with Crippen LogP contribution in [0.2, 0.25) is 0 Å². The van der Waals surface area contributed by atoms with E-state index >= 15 is 0 Å². The van der Waals surface area contributed by atoms with Crippen LogP contribution in [0.1, 0.15) is 16.8 Å². The maximum atomic E-state index is 11.9. The van der Waals surface area contributed by atoms with Crippen molar-refractivity contribution in [3.8, 4) is 0 Å². The highest BCUT2D eigenvalue weighted by Gasteiger charge is 2.09. The molecule has 0 aliphatic rings. The van der Waals surface area contributed by atoms with Gasteiger partial charge in [0, 0.05) is 19.2 Å². The second kappa shape index (κ2) is 6.26. The molecule has 7 heteroatoms. The number of aliphatic hydroxyl groups is 1. The standard InChI is InChI=1S/C12H16N4O3/c1-19-7-9(17)4-5-13-12(18)8-2-3-10-11(6-8)15-16-14-10/h2-3,6,9,17H,4-5,7H2,1H3,(H,13,18)(H,14,15,16). The van der Waals surface area contributed by atoms with Gasteiger partial charge >= 0.3 is 0 Å². The Morgan fingerprint density at radius 2 is 2.26 bits per heavy atom. The monoisotopic (exact) mass is 264 g/mol. The van der Waals surface area contributed by atoms with Crippen molar-refractivity contribution >= 4 is 16.9 Å². The van der Waals surface area contributed by atoms with Gasteiger partial charge in [-0.15, -0.1) is 0 Å². The third-order valence-corrected chi connectivity index (χ3v) is 2.70. The van der Waals surface area contributed by atoms with Crippen molar-refractivity contribution < 1.29 is 14.6 Å². The summed E-state index contributed by atoms with van der Waals surface area (Å²) in [5.41, 5.74) is 1.88.